The lowest BCUT2D eigenvalue weighted by atomic mass is 10.2. The Labute approximate surface area is 121 Å². The Morgan fingerprint density at radius 1 is 0.714 bits per heavy atom. The quantitative estimate of drug-likeness (QED) is 0.425. The maximum Gasteiger partial charge on any atom is 0.453 e. The first-order valence-corrected chi connectivity index (χ1v) is 8.57. The molecule has 21 heavy (non-hydrogen) atoms. The summed E-state index contributed by atoms with van der Waals surface area (Å²) in [7, 11) is -3.60. The van der Waals surface area contributed by atoms with Crippen molar-refractivity contribution in [2.45, 2.75) is 57.0 Å². The van der Waals surface area contributed by atoms with Crippen molar-refractivity contribution in [1.29, 1.82) is 0 Å². The summed E-state index contributed by atoms with van der Waals surface area (Å²) in [6.45, 7) is -0.175. The van der Waals surface area contributed by atoms with E-state index < -0.39 is 40.5 Å². The van der Waals surface area contributed by atoms with Gasteiger partial charge < -0.3 is 0 Å². The number of alkyl halides is 5. The van der Waals surface area contributed by atoms with Gasteiger partial charge in [0.25, 0.3) is 0 Å². The summed E-state index contributed by atoms with van der Waals surface area (Å²) in [4.78, 5) is 0. The van der Waals surface area contributed by atoms with Gasteiger partial charge in [-0.3, -0.25) is 0 Å². The molecular formula is C12H20F5O3S. The Bertz CT molecular complexity index is 379. The number of sulfone groups is 1. The molecule has 9 heteroatoms. The number of rotatable bonds is 11. The van der Waals surface area contributed by atoms with Gasteiger partial charge in [0.1, 0.15) is 9.84 Å². The minimum Gasteiger partial charge on any atom is -0.237 e. The van der Waals surface area contributed by atoms with Gasteiger partial charge in [0.2, 0.25) is 0 Å². The van der Waals surface area contributed by atoms with Crippen LogP contribution in [0.2, 0.25) is 0 Å². The van der Waals surface area contributed by atoms with Crippen LogP contribution in [0.15, 0.2) is 0 Å². The Morgan fingerprint density at radius 3 is 1.71 bits per heavy atom. The number of unbranched alkanes of at least 4 members (excludes halogenated alkanes) is 4. The second-order valence-corrected chi connectivity index (χ2v) is 7.23. The van der Waals surface area contributed by atoms with Crippen LogP contribution >= 0.6 is 0 Å². The fraction of sp³-hybridized carbons (Fsp3) is 1.00. The summed E-state index contributed by atoms with van der Waals surface area (Å²) < 4.78 is 83.8. The summed E-state index contributed by atoms with van der Waals surface area (Å²) in [5.74, 6) is -5.73. The van der Waals surface area contributed by atoms with Crippen molar-refractivity contribution in [2.75, 3.05) is 18.1 Å². The molecule has 3 nitrogen and oxygen atoms in total. The van der Waals surface area contributed by atoms with Crippen molar-refractivity contribution >= 4 is 9.84 Å². The van der Waals surface area contributed by atoms with Crippen molar-refractivity contribution in [3.63, 3.8) is 0 Å². The van der Waals surface area contributed by atoms with Crippen molar-refractivity contribution in [2.24, 2.45) is 0 Å². The molecular weight excluding hydrogens is 319 g/mol. The van der Waals surface area contributed by atoms with E-state index in [1.807, 2.05) is 0 Å². The molecule has 0 aliphatic heterocycles. The highest BCUT2D eigenvalue weighted by molar-refractivity contribution is 7.91. The van der Waals surface area contributed by atoms with E-state index in [-0.39, 0.29) is 12.4 Å². The van der Waals surface area contributed by atoms with Crippen LogP contribution in [0.5, 0.6) is 0 Å². The highest BCUT2D eigenvalue weighted by atomic mass is 32.2. The maximum absolute atomic E-state index is 12.6. The van der Waals surface area contributed by atoms with Gasteiger partial charge in [0, 0.05) is 6.42 Å². The fourth-order valence-corrected chi connectivity index (χ4v) is 3.14. The minimum absolute atomic E-state index is 0.175. The third-order valence-electron chi connectivity index (χ3n) is 2.96. The predicted octanol–water partition coefficient (Wildman–Crippen LogP) is 3.76. The van der Waals surface area contributed by atoms with Gasteiger partial charge in [0.05, 0.1) is 18.1 Å². The molecule has 0 saturated heterocycles. The first-order valence-electron chi connectivity index (χ1n) is 6.75. The zero-order chi connectivity index (χ0) is 16.6. The number of hydrogen-bond donors (Lipinski definition) is 0. The molecule has 0 heterocycles. The molecule has 0 aromatic carbocycles. The molecule has 0 aliphatic carbocycles. The Morgan fingerprint density at radius 2 is 1.19 bits per heavy atom. The summed E-state index contributed by atoms with van der Waals surface area (Å²) >= 11 is 0. The lowest BCUT2D eigenvalue weighted by Gasteiger charge is -2.19. The van der Waals surface area contributed by atoms with Crippen LogP contribution in [0, 0.1) is 0 Å². The molecule has 0 aromatic heterocycles. The van der Waals surface area contributed by atoms with Gasteiger partial charge in [-0.2, -0.15) is 22.0 Å². The van der Waals surface area contributed by atoms with Crippen LogP contribution in [-0.2, 0) is 14.9 Å². The van der Waals surface area contributed by atoms with E-state index in [1.165, 1.54) is 0 Å². The lowest BCUT2D eigenvalue weighted by Crippen LogP contribution is -2.36. The van der Waals surface area contributed by atoms with Crippen LogP contribution in [0.1, 0.15) is 44.9 Å². The molecule has 0 atom stereocenters. The van der Waals surface area contributed by atoms with Crippen molar-refractivity contribution < 1.29 is 35.5 Å². The molecule has 127 valence electrons. The fourth-order valence-electron chi connectivity index (χ4n) is 1.71. The largest absolute Gasteiger partial charge is 0.453 e. The monoisotopic (exact) mass is 339 g/mol. The molecule has 0 rings (SSSR count). The smallest absolute Gasteiger partial charge is 0.237 e. The molecule has 0 aromatic rings. The Hall–Kier alpha value is -0.440. The average Bonchev–Trinajstić information content (AvgIpc) is 2.31. The third kappa shape index (κ3) is 9.23. The van der Waals surface area contributed by atoms with Gasteiger partial charge in [0.15, 0.2) is 0 Å². The molecule has 0 saturated carbocycles. The number of hydrogen-bond acceptors (Lipinski definition) is 2. The topological polar surface area (TPSA) is 54.0 Å². The van der Waals surface area contributed by atoms with Crippen molar-refractivity contribution in [1.82, 2.24) is 0 Å². The third-order valence-corrected chi connectivity index (χ3v) is 4.78. The predicted molar refractivity (Wildman–Crippen MR) is 67.5 cm³/mol. The van der Waals surface area contributed by atoms with Crippen LogP contribution in [0.4, 0.5) is 22.0 Å². The van der Waals surface area contributed by atoms with E-state index in [4.69, 9.17) is 0 Å². The summed E-state index contributed by atoms with van der Waals surface area (Å²) in [5, 5.41) is 10.2. The van der Waals surface area contributed by atoms with Crippen LogP contribution in [0.3, 0.4) is 0 Å². The van der Waals surface area contributed by atoms with E-state index >= 15 is 0 Å². The van der Waals surface area contributed by atoms with Gasteiger partial charge in [-0.15, -0.1) is 0 Å². The molecule has 0 N–H and O–H groups in total. The van der Waals surface area contributed by atoms with E-state index in [0.29, 0.717) is 32.1 Å². The van der Waals surface area contributed by atoms with Crippen LogP contribution < -0.4 is 0 Å². The molecule has 1 radical (unpaired) electrons. The standard InChI is InChI=1S/C12H20F5O3S/c13-11(14,12(15,16)17)7-6-10-21(19,20)9-5-3-1-2-4-8-18/h1-10H2. The molecule has 0 unspecified atom stereocenters. The first kappa shape index (κ1) is 20.6. The van der Waals surface area contributed by atoms with E-state index in [2.05, 4.69) is 0 Å². The van der Waals surface area contributed by atoms with Gasteiger partial charge in [-0.1, -0.05) is 19.3 Å². The van der Waals surface area contributed by atoms with E-state index in [9.17, 15) is 35.5 Å². The molecule has 0 bridgehead atoms. The van der Waals surface area contributed by atoms with E-state index in [0.717, 1.165) is 0 Å². The molecule has 0 aliphatic rings. The zero-order valence-electron chi connectivity index (χ0n) is 11.6. The average molecular weight is 339 g/mol. The lowest BCUT2D eigenvalue weighted by molar-refractivity contribution is -0.284. The first-order chi connectivity index (χ1) is 9.52. The van der Waals surface area contributed by atoms with Crippen molar-refractivity contribution in [3.05, 3.63) is 0 Å². The maximum atomic E-state index is 12.6. The zero-order valence-corrected chi connectivity index (χ0v) is 12.4. The van der Waals surface area contributed by atoms with E-state index in [1.54, 1.807) is 0 Å². The second-order valence-electron chi connectivity index (χ2n) is 4.93. The summed E-state index contributed by atoms with van der Waals surface area (Å²) in [5.41, 5.74) is 0. The molecule has 0 spiro atoms. The Kier molecular flexibility index (Phi) is 8.69. The second kappa shape index (κ2) is 8.87. The highest BCUT2D eigenvalue weighted by Crippen LogP contribution is 2.38. The minimum atomic E-state index is -5.64. The highest BCUT2D eigenvalue weighted by Gasteiger charge is 2.56. The molecule has 0 fully saturated rings. The SMILES string of the molecule is [O]CCCCCCCS(=O)(=O)CCCC(F)(F)C(F)(F)F. The van der Waals surface area contributed by atoms with Crippen LogP contribution in [-0.4, -0.2) is 38.6 Å². The van der Waals surface area contributed by atoms with Gasteiger partial charge in [-0.05, 0) is 19.3 Å². The Balaban J connectivity index is 3.94. The van der Waals surface area contributed by atoms with Crippen LogP contribution in [0.25, 0.3) is 0 Å². The van der Waals surface area contributed by atoms with Gasteiger partial charge in [-0.25, -0.2) is 13.5 Å². The summed E-state index contributed by atoms with van der Waals surface area (Å²) in [6.07, 6.45) is -5.00. The summed E-state index contributed by atoms with van der Waals surface area (Å²) in [6, 6.07) is 0. The van der Waals surface area contributed by atoms with Crippen molar-refractivity contribution in [3.8, 4) is 0 Å². The molecule has 0 amide bonds. The number of halogens is 5. The normalized spacial score (nSPS) is 13.6. The van der Waals surface area contributed by atoms with Gasteiger partial charge >= 0.3 is 12.1 Å².